The SMILES string of the molecule is C=CCn1c(COc2ccc(Cl)c(C)c2)nnc1SCC(=O)Nc1ccc(Cl)c([N+](=O)[O-])c1. The summed E-state index contributed by atoms with van der Waals surface area (Å²) in [6.07, 6.45) is 1.69. The largest absolute Gasteiger partial charge is 0.486 e. The van der Waals surface area contributed by atoms with Crippen LogP contribution in [0.2, 0.25) is 10.0 Å². The molecule has 3 aromatic rings. The molecule has 1 heterocycles. The van der Waals surface area contributed by atoms with Crippen LogP contribution < -0.4 is 10.1 Å². The van der Waals surface area contributed by atoms with Gasteiger partial charge in [-0.3, -0.25) is 19.5 Å². The smallest absolute Gasteiger partial charge is 0.289 e. The van der Waals surface area contributed by atoms with Crippen LogP contribution in [-0.4, -0.2) is 31.3 Å². The molecule has 0 saturated carbocycles. The van der Waals surface area contributed by atoms with E-state index >= 15 is 0 Å². The fourth-order valence-electron chi connectivity index (χ4n) is 2.76. The van der Waals surface area contributed by atoms with Gasteiger partial charge in [0.1, 0.15) is 17.4 Å². The van der Waals surface area contributed by atoms with Crippen molar-refractivity contribution in [1.29, 1.82) is 0 Å². The van der Waals surface area contributed by atoms with Crippen molar-refractivity contribution in [2.75, 3.05) is 11.1 Å². The summed E-state index contributed by atoms with van der Waals surface area (Å²) >= 11 is 13.0. The van der Waals surface area contributed by atoms with Gasteiger partial charge in [-0.25, -0.2) is 0 Å². The van der Waals surface area contributed by atoms with Gasteiger partial charge in [0.25, 0.3) is 5.69 Å². The molecule has 33 heavy (non-hydrogen) atoms. The molecule has 0 saturated heterocycles. The molecule has 3 rings (SSSR count). The van der Waals surface area contributed by atoms with Gasteiger partial charge in [0.15, 0.2) is 11.0 Å². The number of benzene rings is 2. The molecule has 1 aromatic heterocycles. The number of rotatable bonds is 10. The molecule has 0 fully saturated rings. The molecule has 1 N–H and O–H groups in total. The Morgan fingerprint density at radius 2 is 2.03 bits per heavy atom. The van der Waals surface area contributed by atoms with Crippen LogP contribution >= 0.6 is 35.0 Å². The van der Waals surface area contributed by atoms with Gasteiger partial charge in [0.05, 0.1) is 10.7 Å². The van der Waals surface area contributed by atoms with Crippen LogP contribution in [0.3, 0.4) is 0 Å². The Hall–Kier alpha value is -3.08. The van der Waals surface area contributed by atoms with E-state index in [1.807, 2.05) is 13.0 Å². The highest BCUT2D eigenvalue weighted by atomic mass is 35.5. The van der Waals surface area contributed by atoms with Crippen molar-refractivity contribution in [3.63, 3.8) is 0 Å². The third-order valence-electron chi connectivity index (χ3n) is 4.36. The summed E-state index contributed by atoms with van der Waals surface area (Å²) in [5.41, 5.74) is 0.889. The van der Waals surface area contributed by atoms with E-state index in [1.165, 1.54) is 30.0 Å². The number of carbonyl (C=O) groups is 1. The Balaban J connectivity index is 1.63. The molecule has 0 radical (unpaired) electrons. The molecule has 0 aliphatic rings. The minimum absolute atomic E-state index is 0.00610. The number of nitrogens with one attached hydrogen (secondary N) is 1. The highest BCUT2D eigenvalue weighted by molar-refractivity contribution is 7.99. The van der Waals surface area contributed by atoms with Gasteiger partial charge in [-0.15, -0.1) is 16.8 Å². The number of thioether (sulfide) groups is 1. The van der Waals surface area contributed by atoms with Gasteiger partial charge in [-0.2, -0.15) is 0 Å². The molecular formula is C21H19Cl2N5O4S. The van der Waals surface area contributed by atoms with Crippen molar-refractivity contribution in [1.82, 2.24) is 14.8 Å². The van der Waals surface area contributed by atoms with E-state index in [1.54, 1.807) is 22.8 Å². The molecular weight excluding hydrogens is 489 g/mol. The molecule has 0 aliphatic heterocycles. The second kappa shape index (κ2) is 11.2. The van der Waals surface area contributed by atoms with E-state index in [0.29, 0.717) is 28.3 Å². The lowest BCUT2D eigenvalue weighted by molar-refractivity contribution is -0.384. The predicted molar refractivity (Wildman–Crippen MR) is 128 cm³/mol. The maximum atomic E-state index is 12.4. The molecule has 9 nitrogen and oxygen atoms in total. The Morgan fingerprint density at radius 1 is 1.27 bits per heavy atom. The number of carbonyl (C=O) groups excluding carboxylic acids is 1. The third-order valence-corrected chi connectivity index (χ3v) is 6.07. The van der Waals surface area contributed by atoms with Crippen molar-refractivity contribution < 1.29 is 14.5 Å². The summed E-state index contributed by atoms with van der Waals surface area (Å²) < 4.78 is 7.59. The molecule has 12 heteroatoms. The molecule has 0 aliphatic carbocycles. The highest BCUT2D eigenvalue weighted by Gasteiger charge is 2.16. The van der Waals surface area contributed by atoms with Crippen LogP contribution in [0.5, 0.6) is 5.75 Å². The van der Waals surface area contributed by atoms with Crippen molar-refractivity contribution in [3.05, 3.63) is 80.6 Å². The number of anilines is 1. The first-order valence-corrected chi connectivity index (χ1v) is 11.3. The van der Waals surface area contributed by atoms with Crippen molar-refractivity contribution in [3.8, 4) is 5.75 Å². The van der Waals surface area contributed by atoms with E-state index in [2.05, 4.69) is 22.1 Å². The van der Waals surface area contributed by atoms with Crippen LogP contribution in [0.1, 0.15) is 11.4 Å². The summed E-state index contributed by atoms with van der Waals surface area (Å²) in [5.74, 6) is 0.872. The normalized spacial score (nSPS) is 10.6. The van der Waals surface area contributed by atoms with Gasteiger partial charge in [-0.1, -0.05) is 41.0 Å². The van der Waals surface area contributed by atoms with Crippen molar-refractivity contribution in [2.45, 2.75) is 25.2 Å². The summed E-state index contributed by atoms with van der Waals surface area (Å²) in [6, 6.07) is 9.42. The zero-order valence-electron chi connectivity index (χ0n) is 17.5. The number of allylic oxidation sites excluding steroid dienone is 1. The van der Waals surface area contributed by atoms with Crippen LogP contribution in [0.4, 0.5) is 11.4 Å². The lowest BCUT2D eigenvalue weighted by Gasteiger charge is -2.10. The Morgan fingerprint density at radius 3 is 2.73 bits per heavy atom. The first kappa shape index (κ1) is 24.6. The average Bonchev–Trinajstić information content (AvgIpc) is 3.16. The lowest BCUT2D eigenvalue weighted by atomic mass is 10.2. The topological polar surface area (TPSA) is 112 Å². The van der Waals surface area contributed by atoms with E-state index in [4.69, 9.17) is 27.9 Å². The summed E-state index contributed by atoms with van der Waals surface area (Å²) in [6.45, 7) is 6.24. The van der Waals surface area contributed by atoms with Crippen LogP contribution in [-0.2, 0) is 17.9 Å². The van der Waals surface area contributed by atoms with E-state index in [0.717, 1.165) is 5.56 Å². The molecule has 0 spiro atoms. The zero-order valence-corrected chi connectivity index (χ0v) is 19.8. The zero-order chi connectivity index (χ0) is 24.0. The Labute approximate surface area is 203 Å². The number of aromatic nitrogens is 3. The van der Waals surface area contributed by atoms with Gasteiger partial charge in [0.2, 0.25) is 5.91 Å². The van der Waals surface area contributed by atoms with Crippen molar-refractivity contribution in [2.24, 2.45) is 0 Å². The highest BCUT2D eigenvalue weighted by Crippen LogP contribution is 2.28. The minimum atomic E-state index is -0.612. The number of nitrogens with zero attached hydrogens (tertiary/aromatic N) is 4. The third kappa shape index (κ3) is 6.47. The first-order chi connectivity index (χ1) is 15.8. The molecule has 2 aromatic carbocycles. The maximum Gasteiger partial charge on any atom is 0.289 e. The molecule has 0 atom stereocenters. The summed E-state index contributed by atoms with van der Waals surface area (Å²) in [5, 5.41) is 23.1. The maximum absolute atomic E-state index is 12.4. The molecule has 172 valence electrons. The van der Waals surface area contributed by atoms with Gasteiger partial charge < -0.3 is 10.1 Å². The Kier molecular flexibility index (Phi) is 8.32. The predicted octanol–water partition coefficient (Wildman–Crippen LogP) is 5.30. The number of amides is 1. The van der Waals surface area contributed by atoms with Gasteiger partial charge >= 0.3 is 0 Å². The van der Waals surface area contributed by atoms with Crippen molar-refractivity contribution >= 4 is 52.2 Å². The Bertz CT molecular complexity index is 1200. The number of nitro benzene ring substituents is 1. The fraction of sp³-hybridized carbons (Fsp3) is 0.190. The molecule has 0 unspecified atom stereocenters. The van der Waals surface area contributed by atoms with Crippen LogP contribution in [0.25, 0.3) is 0 Å². The van der Waals surface area contributed by atoms with E-state index in [9.17, 15) is 14.9 Å². The minimum Gasteiger partial charge on any atom is -0.486 e. The molecule has 0 bridgehead atoms. The second-order valence-corrected chi connectivity index (χ2v) is 8.51. The quantitative estimate of drug-likeness (QED) is 0.171. The fourth-order valence-corrected chi connectivity index (χ4v) is 3.83. The monoisotopic (exact) mass is 507 g/mol. The molecule has 1 amide bonds. The van der Waals surface area contributed by atoms with Crippen LogP contribution in [0, 0.1) is 17.0 Å². The summed E-state index contributed by atoms with van der Waals surface area (Å²) in [4.78, 5) is 22.7. The number of halogens is 2. The lowest BCUT2D eigenvalue weighted by Crippen LogP contribution is -2.15. The number of hydrogen-bond donors (Lipinski definition) is 1. The van der Waals surface area contributed by atoms with Gasteiger partial charge in [0, 0.05) is 23.3 Å². The summed E-state index contributed by atoms with van der Waals surface area (Å²) in [7, 11) is 0. The van der Waals surface area contributed by atoms with E-state index < -0.39 is 4.92 Å². The number of hydrogen-bond acceptors (Lipinski definition) is 7. The second-order valence-electron chi connectivity index (χ2n) is 6.76. The first-order valence-electron chi connectivity index (χ1n) is 9.57. The van der Waals surface area contributed by atoms with Crippen LogP contribution in [0.15, 0.2) is 54.2 Å². The van der Waals surface area contributed by atoms with E-state index in [-0.39, 0.29) is 34.7 Å². The number of ether oxygens (including phenoxy) is 1. The number of nitro groups is 1. The number of aryl methyl sites for hydroxylation is 1. The standard InChI is InChI=1S/C21H19Cl2N5O4S/c1-3-8-27-19(11-32-15-5-7-16(22)13(2)9-15)25-26-21(27)33-12-20(29)24-14-4-6-17(23)18(10-14)28(30)31/h3-7,9-10H,1,8,11-12H2,2H3,(H,24,29). The van der Waals surface area contributed by atoms with Gasteiger partial charge in [-0.05, 0) is 42.8 Å². The average molecular weight is 508 g/mol.